The van der Waals surface area contributed by atoms with Gasteiger partial charge in [-0.15, -0.1) is 0 Å². The standard InChI is InChI=1S/C11H14N6OS/c1-6-5-8(10(12)19)16-11(14-6)13-4-3-9-15-7(2)18-17-9/h5H,3-4H2,1-2H3,(H2,12,19)(H,13,14,16). The lowest BCUT2D eigenvalue weighted by atomic mass is 10.3. The molecule has 2 rings (SSSR count). The summed E-state index contributed by atoms with van der Waals surface area (Å²) in [6.07, 6.45) is 0.622. The monoisotopic (exact) mass is 278 g/mol. The van der Waals surface area contributed by atoms with Crippen LogP contribution in [-0.4, -0.2) is 31.6 Å². The SMILES string of the molecule is Cc1cc(C(N)=S)nc(NCCc2noc(C)n2)n1. The topological polar surface area (TPSA) is 103 Å². The number of thiocarbonyl (C=S) groups is 1. The Morgan fingerprint density at radius 1 is 1.37 bits per heavy atom. The summed E-state index contributed by atoms with van der Waals surface area (Å²) in [6, 6.07) is 1.75. The summed E-state index contributed by atoms with van der Waals surface area (Å²) in [6.45, 7) is 4.21. The Morgan fingerprint density at radius 2 is 2.16 bits per heavy atom. The Hall–Kier alpha value is -2.09. The maximum atomic E-state index is 5.55. The highest BCUT2D eigenvalue weighted by Gasteiger charge is 2.05. The van der Waals surface area contributed by atoms with Crippen LogP contribution in [0.4, 0.5) is 5.95 Å². The van der Waals surface area contributed by atoms with E-state index < -0.39 is 0 Å². The molecule has 0 aliphatic carbocycles. The highest BCUT2D eigenvalue weighted by Crippen LogP contribution is 2.05. The van der Waals surface area contributed by atoms with E-state index in [0.717, 1.165) is 5.69 Å². The van der Waals surface area contributed by atoms with Crippen molar-refractivity contribution in [2.75, 3.05) is 11.9 Å². The van der Waals surface area contributed by atoms with Crippen molar-refractivity contribution >= 4 is 23.2 Å². The van der Waals surface area contributed by atoms with Crippen LogP contribution in [0.15, 0.2) is 10.6 Å². The minimum absolute atomic E-state index is 0.252. The number of nitrogens with zero attached hydrogens (tertiary/aromatic N) is 4. The Morgan fingerprint density at radius 3 is 2.79 bits per heavy atom. The van der Waals surface area contributed by atoms with Gasteiger partial charge in [0.25, 0.3) is 0 Å². The zero-order chi connectivity index (χ0) is 13.8. The zero-order valence-corrected chi connectivity index (χ0v) is 11.5. The van der Waals surface area contributed by atoms with Gasteiger partial charge in [-0.3, -0.25) is 0 Å². The Bertz CT molecular complexity index is 597. The minimum atomic E-state index is 0.252. The average molecular weight is 278 g/mol. The molecule has 0 aliphatic heterocycles. The lowest BCUT2D eigenvalue weighted by molar-refractivity contribution is 0.387. The third-order valence-electron chi connectivity index (χ3n) is 2.31. The molecule has 0 atom stereocenters. The molecule has 0 saturated carbocycles. The molecule has 2 aromatic rings. The van der Waals surface area contributed by atoms with Gasteiger partial charge in [-0.2, -0.15) is 4.98 Å². The fourth-order valence-corrected chi connectivity index (χ4v) is 1.61. The fraction of sp³-hybridized carbons (Fsp3) is 0.364. The van der Waals surface area contributed by atoms with Crippen LogP contribution in [0.2, 0.25) is 0 Å². The van der Waals surface area contributed by atoms with E-state index in [1.807, 2.05) is 6.92 Å². The van der Waals surface area contributed by atoms with E-state index in [9.17, 15) is 0 Å². The van der Waals surface area contributed by atoms with Gasteiger partial charge in [0, 0.05) is 25.6 Å². The number of nitrogens with two attached hydrogens (primary N) is 1. The maximum absolute atomic E-state index is 5.55. The first kappa shape index (κ1) is 13.3. The van der Waals surface area contributed by atoms with Gasteiger partial charge in [0.05, 0.1) is 0 Å². The first-order valence-electron chi connectivity index (χ1n) is 5.73. The molecule has 100 valence electrons. The quantitative estimate of drug-likeness (QED) is 0.773. The number of aryl methyl sites for hydroxylation is 2. The highest BCUT2D eigenvalue weighted by molar-refractivity contribution is 7.80. The molecule has 0 spiro atoms. The lowest BCUT2D eigenvalue weighted by Gasteiger charge is -2.06. The van der Waals surface area contributed by atoms with Crippen LogP contribution >= 0.6 is 12.2 Å². The molecule has 0 saturated heterocycles. The molecule has 0 fully saturated rings. The number of rotatable bonds is 5. The predicted octanol–water partition coefficient (Wildman–Crippen LogP) is 0.765. The molecule has 0 radical (unpaired) electrons. The van der Waals surface area contributed by atoms with Gasteiger partial charge < -0.3 is 15.6 Å². The van der Waals surface area contributed by atoms with Gasteiger partial charge in [-0.1, -0.05) is 17.4 Å². The van der Waals surface area contributed by atoms with Crippen LogP contribution in [0, 0.1) is 13.8 Å². The van der Waals surface area contributed by atoms with Gasteiger partial charge in [0.15, 0.2) is 5.82 Å². The first-order chi connectivity index (χ1) is 9.04. The van der Waals surface area contributed by atoms with Gasteiger partial charge in [-0.05, 0) is 13.0 Å². The second kappa shape index (κ2) is 5.70. The van der Waals surface area contributed by atoms with Crippen molar-refractivity contribution in [2.45, 2.75) is 20.3 Å². The van der Waals surface area contributed by atoms with E-state index in [1.165, 1.54) is 0 Å². The Balaban J connectivity index is 1.97. The number of nitrogens with one attached hydrogen (secondary N) is 1. The number of anilines is 1. The summed E-state index contributed by atoms with van der Waals surface area (Å²) in [5.74, 6) is 1.69. The summed E-state index contributed by atoms with van der Waals surface area (Å²) in [7, 11) is 0. The third kappa shape index (κ3) is 3.68. The van der Waals surface area contributed by atoms with Gasteiger partial charge in [0.1, 0.15) is 10.7 Å². The molecule has 0 aliphatic rings. The summed E-state index contributed by atoms with van der Waals surface area (Å²) in [4.78, 5) is 12.8. The van der Waals surface area contributed by atoms with E-state index in [4.69, 9.17) is 22.5 Å². The van der Waals surface area contributed by atoms with Crippen molar-refractivity contribution in [3.05, 3.63) is 29.2 Å². The van der Waals surface area contributed by atoms with Crippen molar-refractivity contribution in [1.82, 2.24) is 20.1 Å². The minimum Gasteiger partial charge on any atom is -0.388 e. The van der Waals surface area contributed by atoms with Crippen LogP contribution < -0.4 is 11.1 Å². The summed E-state index contributed by atoms with van der Waals surface area (Å²) >= 11 is 4.90. The lowest BCUT2D eigenvalue weighted by Crippen LogP contribution is -2.15. The molecule has 0 amide bonds. The molecule has 7 nitrogen and oxygen atoms in total. The maximum Gasteiger partial charge on any atom is 0.223 e. The van der Waals surface area contributed by atoms with E-state index in [0.29, 0.717) is 36.3 Å². The van der Waals surface area contributed by atoms with E-state index >= 15 is 0 Å². The molecule has 0 aromatic carbocycles. The summed E-state index contributed by atoms with van der Waals surface area (Å²) < 4.78 is 4.88. The van der Waals surface area contributed by atoms with E-state index in [1.54, 1.807) is 13.0 Å². The third-order valence-corrected chi connectivity index (χ3v) is 2.52. The van der Waals surface area contributed by atoms with Crippen LogP contribution in [0.1, 0.15) is 23.1 Å². The molecule has 3 N–H and O–H groups in total. The van der Waals surface area contributed by atoms with Crippen LogP contribution in [-0.2, 0) is 6.42 Å². The van der Waals surface area contributed by atoms with Crippen molar-refractivity contribution in [3.8, 4) is 0 Å². The van der Waals surface area contributed by atoms with Crippen molar-refractivity contribution < 1.29 is 4.52 Å². The molecular weight excluding hydrogens is 264 g/mol. The molecular formula is C11H14N6OS. The van der Waals surface area contributed by atoms with E-state index in [2.05, 4.69) is 25.4 Å². The zero-order valence-electron chi connectivity index (χ0n) is 10.7. The molecule has 0 unspecified atom stereocenters. The smallest absolute Gasteiger partial charge is 0.223 e. The van der Waals surface area contributed by atoms with Crippen LogP contribution in [0.25, 0.3) is 0 Å². The van der Waals surface area contributed by atoms with Crippen molar-refractivity contribution in [1.29, 1.82) is 0 Å². The Kier molecular flexibility index (Phi) is 4.00. The molecule has 19 heavy (non-hydrogen) atoms. The average Bonchev–Trinajstić information content (AvgIpc) is 2.74. The number of hydrogen-bond donors (Lipinski definition) is 2. The number of aromatic nitrogens is 4. The summed E-state index contributed by atoms with van der Waals surface area (Å²) in [5.41, 5.74) is 6.91. The normalized spacial score (nSPS) is 10.4. The molecule has 8 heteroatoms. The first-order valence-corrected chi connectivity index (χ1v) is 6.14. The highest BCUT2D eigenvalue weighted by atomic mass is 32.1. The molecule has 2 heterocycles. The van der Waals surface area contributed by atoms with Crippen molar-refractivity contribution in [3.63, 3.8) is 0 Å². The molecule has 2 aromatic heterocycles. The van der Waals surface area contributed by atoms with Gasteiger partial charge >= 0.3 is 0 Å². The second-order valence-corrected chi connectivity index (χ2v) is 4.43. The van der Waals surface area contributed by atoms with E-state index in [-0.39, 0.29) is 4.99 Å². The van der Waals surface area contributed by atoms with Crippen LogP contribution in [0.3, 0.4) is 0 Å². The number of hydrogen-bond acceptors (Lipinski definition) is 7. The van der Waals surface area contributed by atoms with Crippen molar-refractivity contribution in [2.24, 2.45) is 5.73 Å². The summed E-state index contributed by atoms with van der Waals surface area (Å²) in [5, 5.41) is 6.88. The fourth-order valence-electron chi connectivity index (χ4n) is 1.50. The predicted molar refractivity (Wildman–Crippen MR) is 73.9 cm³/mol. The second-order valence-electron chi connectivity index (χ2n) is 3.99. The van der Waals surface area contributed by atoms with Gasteiger partial charge in [-0.25, -0.2) is 9.97 Å². The van der Waals surface area contributed by atoms with Crippen LogP contribution in [0.5, 0.6) is 0 Å². The Labute approximate surface area is 115 Å². The van der Waals surface area contributed by atoms with Gasteiger partial charge in [0.2, 0.25) is 11.8 Å². The molecule has 0 bridgehead atoms. The largest absolute Gasteiger partial charge is 0.388 e.